The molecule has 0 radical (unpaired) electrons. The first-order valence-corrected chi connectivity index (χ1v) is 17.1. The van der Waals surface area contributed by atoms with Crippen molar-refractivity contribution in [3.8, 4) is 56.4 Å². The molecule has 0 unspecified atom stereocenters. The van der Waals surface area contributed by atoms with Crippen LogP contribution in [0.25, 0.3) is 96.8 Å². The third kappa shape index (κ3) is 4.82. The van der Waals surface area contributed by atoms with Crippen LogP contribution in [0.1, 0.15) is 19.2 Å². The molecule has 0 N–H and O–H groups in total. The van der Waals surface area contributed by atoms with Gasteiger partial charge in [-0.25, -0.2) is 15.0 Å². The van der Waals surface area contributed by atoms with Crippen LogP contribution in [0.3, 0.4) is 0 Å². The molecule has 0 aliphatic carbocycles. The average Bonchev–Trinajstić information content (AvgIpc) is 3.91. The van der Waals surface area contributed by atoms with Crippen LogP contribution in [0, 0.1) is 0 Å². The van der Waals surface area contributed by atoms with Crippen LogP contribution in [-0.4, -0.2) is 15.0 Å². The monoisotopic (exact) mass is 687 g/mol. The quantitative estimate of drug-likeness (QED) is 0.181. The Kier molecular flexibility index (Phi) is 4.29. The van der Waals surface area contributed by atoms with Gasteiger partial charge < -0.3 is 0 Å². The van der Waals surface area contributed by atoms with Crippen LogP contribution in [-0.2, 0) is 0 Å². The second kappa shape index (κ2) is 11.8. The van der Waals surface area contributed by atoms with Gasteiger partial charge in [-0.2, -0.15) is 0 Å². The van der Waals surface area contributed by atoms with Crippen molar-refractivity contribution < 1.29 is 19.2 Å². The summed E-state index contributed by atoms with van der Waals surface area (Å²) in [6.45, 7) is 0. The van der Waals surface area contributed by atoms with Crippen molar-refractivity contribution in [3.63, 3.8) is 0 Å². The van der Waals surface area contributed by atoms with E-state index in [2.05, 4.69) is 0 Å². The fraction of sp³-hybridized carbons (Fsp3) is 0. The molecule has 0 atom stereocenters. The summed E-state index contributed by atoms with van der Waals surface area (Å²) in [6, 6.07) is 18.4. The normalized spacial score (nSPS) is 15.5. The first kappa shape index (κ1) is 18.1. The zero-order valence-electron chi connectivity index (χ0n) is 39.7. The van der Waals surface area contributed by atoms with Crippen LogP contribution < -0.4 is 0 Å². The first-order valence-electron chi connectivity index (χ1n) is 22.5. The van der Waals surface area contributed by atoms with Gasteiger partial charge in [0.05, 0.1) is 19.2 Å². The van der Waals surface area contributed by atoms with Gasteiger partial charge in [0, 0.05) is 57.0 Å². The molecule has 0 aliphatic heterocycles. The predicted molar refractivity (Wildman–Crippen MR) is 213 cm³/mol. The van der Waals surface area contributed by atoms with Crippen LogP contribution >= 0.6 is 22.7 Å². The largest absolute Gasteiger partial charge is 0.208 e. The van der Waals surface area contributed by atoms with E-state index in [1.807, 2.05) is 66.7 Å². The van der Waals surface area contributed by atoms with E-state index in [9.17, 15) is 2.74 Å². The average molecular weight is 688 g/mol. The smallest absolute Gasteiger partial charge is 0.165 e. The fourth-order valence-corrected chi connectivity index (χ4v) is 8.17. The number of thiophene rings is 2. The number of aromatic nitrogens is 3. The molecule has 0 bridgehead atoms. The molecule has 0 amide bonds. The van der Waals surface area contributed by atoms with E-state index in [0.717, 1.165) is 39.4 Å². The Bertz CT molecular complexity index is 3670. The first-order chi connectivity index (χ1) is 30.6. The van der Waals surface area contributed by atoms with Gasteiger partial charge in [0.15, 0.2) is 17.5 Å². The fourth-order valence-electron chi connectivity index (χ4n) is 6.14. The van der Waals surface area contributed by atoms with Crippen molar-refractivity contribution in [2.75, 3.05) is 0 Å². The van der Waals surface area contributed by atoms with Crippen LogP contribution in [0.5, 0.6) is 0 Å². The maximum Gasteiger partial charge on any atom is 0.165 e. The minimum Gasteiger partial charge on any atom is -0.208 e. The molecule has 0 spiro atoms. The Balaban J connectivity index is 1.34. The summed E-state index contributed by atoms with van der Waals surface area (Å²) >= 11 is 1.78. The van der Waals surface area contributed by atoms with E-state index in [1.165, 1.54) is 0 Å². The molecular formula is C45H27N3S2. The van der Waals surface area contributed by atoms with E-state index in [-0.39, 0.29) is 87.1 Å². The van der Waals surface area contributed by atoms with Gasteiger partial charge in [-0.1, -0.05) is 139 Å². The molecule has 3 nitrogen and oxygen atoms in total. The van der Waals surface area contributed by atoms with E-state index >= 15 is 0 Å². The van der Waals surface area contributed by atoms with Gasteiger partial charge >= 0.3 is 0 Å². The Morgan fingerprint density at radius 2 is 0.920 bits per heavy atom. The van der Waals surface area contributed by atoms with Crippen molar-refractivity contribution in [2.45, 2.75) is 0 Å². The highest BCUT2D eigenvalue weighted by Gasteiger charge is 2.20. The molecular weight excluding hydrogens is 647 g/mol. The van der Waals surface area contributed by atoms with Gasteiger partial charge in [-0.05, 0) is 46.4 Å². The van der Waals surface area contributed by atoms with Gasteiger partial charge in [0.2, 0.25) is 0 Å². The van der Waals surface area contributed by atoms with Crippen molar-refractivity contribution >= 4 is 63.0 Å². The van der Waals surface area contributed by atoms with Crippen LogP contribution in [0.2, 0.25) is 0 Å². The number of nitrogens with zero attached hydrogens (tertiary/aromatic N) is 3. The molecule has 10 rings (SSSR count). The summed E-state index contributed by atoms with van der Waals surface area (Å²) in [6.07, 6.45) is 0. The third-order valence-corrected chi connectivity index (χ3v) is 10.6. The van der Waals surface area contributed by atoms with Gasteiger partial charge in [-0.3, -0.25) is 0 Å². The van der Waals surface area contributed by atoms with E-state index < -0.39 is 66.5 Å². The number of hydrogen-bond acceptors (Lipinski definition) is 5. The zero-order valence-corrected chi connectivity index (χ0v) is 27.3. The lowest BCUT2D eigenvalue weighted by atomic mass is 9.96. The number of fused-ring (bicyclic) bond motifs is 6. The molecule has 0 saturated heterocycles. The lowest BCUT2D eigenvalue weighted by molar-refractivity contribution is 1.08. The summed E-state index contributed by atoms with van der Waals surface area (Å²) in [5.41, 5.74) is 3.68. The molecule has 10 aromatic rings. The summed E-state index contributed by atoms with van der Waals surface area (Å²) in [7, 11) is 0. The van der Waals surface area contributed by atoms with Crippen molar-refractivity contribution in [1.29, 1.82) is 0 Å². The molecule has 3 heterocycles. The molecule has 50 heavy (non-hydrogen) atoms. The van der Waals surface area contributed by atoms with Crippen LogP contribution in [0.15, 0.2) is 163 Å². The number of hydrogen-bond donors (Lipinski definition) is 0. The Hall–Kier alpha value is -6.01. The minimum atomic E-state index is -0.563. The van der Waals surface area contributed by atoms with E-state index in [1.54, 1.807) is 12.1 Å². The van der Waals surface area contributed by atoms with E-state index in [0.29, 0.717) is 11.1 Å². The molecule has 0 saturated carbocycles. The second-order valence-electron chi connectivity index (χ2n) is 11.3. The van der Waals surface area contributed by atoms with Crippen molar-refractivity contribution in [1.82, 2.24) is 15.0 Å². The standard InChI is InChI=1S/C45H27N3S2/c1-2-12-28(13-3-1)29-24-26-30(27-25-29)31-14-4-5-16-34(31)43-46-44(36-19-11-23-40-41(36)35-17-7-9-22-39(35)49-40)48-45(47-43)37-20-10-18-33-32-15-6-8-21-38(32)50-42(33)37/h1-27H/i6D,7D,8D,9D,10D,11D,15D,17D,18D,19D,20D,21D,22D,23D. The molecule has 7 aromatic carbocycles. The van der Waals surface area contributed by atoms with Gasteiger partial charge in [-0.15, -0.1) is 22.7 Å². The molecule has 3 aromatic heterocycles. The second-order valence-corrected chi connectivity index (χ2v) is 13.4. The molecule has 5 heteroatoms. The molecule has 234 valence electrons. The third-order valence-electron chi connectivity index (χ3n) is 8.44. The highest BCUT2D eigenvalue weighted by molar-refractivity contribution is 7.26. The summed E-state index contributed by atoms with van der Waals surface area (Å²) in [5, 5.41) is 0.0634. The van der Waals surface area contributed by atoms with Gasteiger partial charge in [0.25, 0.3) is 0 Å². The van der Waals surface area contributed by atoms with Crippen LogP contribution in [0.4, 0.5) is 0 Å². The maximum atomic E-state index is 9.34. The highest BCUT2D eigenvalue weighted by Crippen LogP contribution is 2.42. The highest BCUT2D eigenvalue weighted by atomic mass is 32.1. The topological polar surface area (TPSA) is 38.7 Å². The van der Waals surface area contributed by atoms with Gasteiger partial charge in [0.1, 0.15) is 0 Å². The van der Waals surface area contributed by atoms with Crippen molar-refractivity contribution in [3.05, 3.63) is 163 Å². The number of rotatable bonds is 5. The molecule has 0 fully saturated rings. The maximum absolute atomic E-state index is 9.34. The lowest BCUT2D eigenvalue weighted by Crippen LogP contribution is -2.01. The molecule has 0 aliphatic rings. The lowest BCUT2D eigenvalue weighted by Gasteiger charge is -2.13. The summed E-state index contributed by atoms with van der Waals surface area (Å²) < 4.78 is 124. The summed E-state index contributed by atoms with van der Waals surface area (Å²) in [4.78, 5) is 14.7. The Labute approximate surface area is 316 Å². The zero-order chi connectivity index (χ0) is 45.2. The number of benzene rings is 7. The summed E-state index contributed by atoms with van der Waals surface area (Å²) in [5.74, 6) is -0.461. The van der Waals surface area contributed by atoms with E-state index in [4.69, 9.17) is 31.4 Å². The Morgan fingerprint density at radius 3 is 1.72 bits per heavy atom. The predicted octanol–water partition coefficient (Wildman–Crippen LogP) is 12.9. The van der Waals surface area contributed by atoms with Crippen molar-refractivity contribution in [2.24, 2.45) is 0 Å². The minimum absolute atomic E-state index is 0.000757. The Morgan fingerprint density at radius 1 is 0.380 bits per heavy atom. The SMILES string of the molecule is [2H]c1c([2H])c([2H])c2c(sc3c(-c4nc(-c5ccccc5-c5ccc(-c6ccccc6)cc5)nc(-c5c([2H])c([2H])c([2H])c6sc7c([2H])c([2H])c([2H])c([2H])c7c56)n4)c([2H])c([2H])c([2H])c32)c1[2H].